The first kappa shape index (κ1) is 14.6. The van der Waals surface area contributed by atoms with Crippen LogP contribution < -0.4 is 4.90 Å². The molecule has 1 aliphatic rings. The molecule has 4 heteroatoms. The van der Waals surface area contributed by atoms with Crippen LogP contribution in [-0.4, -0.2) is 31.4 Å². The maximum Gasteiger partial charge on any atom is 0.0762 e. The number of aliphatic hydroxyl groups is 1. The van der Waals surface area contributed by atoms with Gasteiger partial charge in [0.2, 0.25) is 0 Å². The van der Waals surface area contributed by atoms with Gasteiger partial charge in [-0.05, 0) is 43.9 Å². The molecule has 3 nitrogen and oxygen atoms in total. The maximum atomic E-state index is 9.55. The molecule has 19 heavy (non-hydrogen) atoms. The molecule has 1 fully saturated rings. The summed E-state index contributed by atoms with van der Waals surface area (Å²) in [5.74, 6) is 0. The van der Waals surface area contributed by atoms with E-state index in [4.69, 9.17) is 16.3 Å². The number of anilines is 1. The Morgan fingerprint density at radius 1 is 1.47 bits per heavy atom. The lowest BCUT2D eigenvalue weighted by Crippen LogP contribution is -2.33. The van der Waals surface area contributed by atoms with Gasteiger partial charge < -0.3 is 14.7 Å². The van der Waals surface area contributed by atoms with Gasteiger partial charge in [-0.15, -0.1) is 0 Å². The van der Waals surface area contributed by atoms with Gasteiger partial charge in [-0.25, -0.2) is 0 Å². The first-order valence-corrected chi connectivity index (χ1v) is 7.26. The van der Waals surface area contributed by atoms with Gasteiger partial charge in [0.1, 0.15) is 0 Å². The van der Waals surface area contributed by atoms with Crippen LogP contribution in [0.15, 0.2) is 18.2 Å². The first-order valence-electron chi connectivity index (χ1n) is 6.88. The molecular formula is C15H22ClNO2. The van der Waals surface area contributed by atoms with E-state index in [9.17, 15) is 5.11 Å². The van der Waals surface area contributed by atoms with Crippen molar-refractivity contribution in [1.29, 1.82) is 0 Å². The molecule has 0 aromatic heterocycles. The molecule has 1 aromatic rings. The zero-order valence-corrected chi connectivity index (χ0v) is 12.4. The van der Waals surface area contributed by atoms with Crippen LogP contribution in [-0.2, 0) is 4.74 Å². The van der Waals surface area contributed by atoms with Gasteiger partial charge in [-0.1, -0.05) is 17.7 Å². The molecule has 0 saturated carbocycles. The molecular weight excluding hydrogens is 262 g/mol. The van der Waals surface area contributed by atoms with E-state index in [-0.39, 0.29) is 0 Å². The minimum Gasteiger partial charge on any atom is -0.389 e. The summed E-state index contributed by atoms with van der Waals surface area (Å²) in [5.41, 5.74) is 1.83. The van der Waals surface area contributed by atoms with Crippen molar-refractivity contribution in [3.05, 3.63) is 28.8 Å². The van der Waals surface area contributed by atoms with Crippen LogP contribution in [0.1, 0.15) is 37.9 Å². The second-order valence-corrected chi connectivity index (χ2v) is 5.66. The highest BCUT2D eigenvalue weighted by Crippen LogP contribution is 2.29. The molecule has 0 spiro atoms. The van der Waals surface area contributed by atoms with Gasteiger partial charge >= 0.3 is 0 Å². The molecule has 1 N–H and O–H groups in total. The van der Waals surface area contributed by atoms with Crippen LogP contribution in [0.25, 0.3) is 0 Å². The fourth-order valence-corrected chi connectivity index (χ4v) is 2.78. The monoisotopic (exact) mass is 283 g/mol. The standard InChI is InChI=1S/C15H22ClNO2/c1-11(18)12-6-7-15(14(16)9-12)17(2)10-13-5-3-4-8-19-13/h6-7,9,11,13,18H,3-5,8,10H2,1-2H3/t11-,13?/m0/s1. The predicted molar refractivity (Wildman–Crippen MR) is 78.9 cm³/mol. The third kappa shape index (κ3) is 3.85. The Bertz CT molecular complexity index is 417. The van der Waals surface area contributed by atoms with Gasteiger partial charge in [-0.2, -0.15) is 0 Å². The molecule has 1 aromatic carbocycles. The summed E-state index contributed by atoms with van der Waals surface area (Å²) in [6.07, 6.45) is 3.34. The highest BCUT2D eigenvalue weighted by Gasteiger charge is 2.17. The fraction of sp³-hybridized carbons (Fsp3) is 0.600. The largest absolute Gasteiger partial charge is 0.389 e. The lowest BCUT2D eigenvalue weighted by Gasteiger charge is -2.29. The summed E-state index contributed by atoms with van der Waals surface area (Å²) < 4.78 is 5.75. The fourth-order valence-electron chi connectivity index (χ4n) is 2.45. The van der Waals surface area contributed by atoms with Crippen molar-refractivity contribution >= 4 is 17.3 Å². The van der Waals surface area contributed by atoms with Crippen LogP contribution in [0.5, 0.6) is 0 Å². The summed E-state index contributed by atoms with van der Waals surface area (Å²) >= 11 is 6.29. The third-order valence-corrected chi connectivity index (χ3v) is 3.92. The average Bonchev–Trinajstić information content (AvgIpc) is 2.39. The second kappa shape index (κ2) is 6.60. The highest BCUT2D eigenvalue weighted by atomic mass is 35.5. The number of benzene rings is 1. The van der Waals surface area contributed by atoms with E-state index in [0.29, 0.717) is 11.1 Å². The Kier molecular flexibility index (Phi) is 5.08. The van der Waals surface area contributed by atoms with Crippen molar-refractivity contribution in [3.63, 3.8) is 0 Å². The molecule has 0 radical (unpaired) electrons. The average molecular weight is 284 g/mol. The molecule has 2 rings (SSSR count). The van der Waals surface area contributed by atoms with Crippen molar-refractivity contribution in [3.8, 4) is 0 Å². The highest BCUT2D eigenvalue weighted by molar-refractivity contribution is 6.33. The van der Waals surface area contributed by atoms with E-state index in [1.54, 1.807) is 6.92 Å². The molecule has 0 amide bonds. The zero-order valence-electron chi connectivity index (χ0n) is 11.6. The van der Waals surface area contributed by atoms with Crippen LogP contribution in [0.4, 0.5) is 5.69 Å². The summed E-state index contributed by atoms with van der Waals surface area (Å²) in [6.45, 7) is 3.46. The number of hydrogen-bond acceptors (Lipinski definition) is 3. The van der Waals surface area contributed by atoms with Gasteiger partial charge in [0.25, 0.3) is 0 Å². The molecule has 1 saturated heterocycles. The molecule has 2 atom stereocenters. The van der Waals surface area contributed by atoms with Gasteiger partial charge in [-0.3, -0.25) is 0 Å². The SMILES string of the molecule is C[C@H](O)c1ccc(N(C)CC2CCCCO2)c(Cl)c1. The van der Waals surface area contributed by atoms with E-state index in [1.807, 2.05) is 25.2 Å². The number of nitrogens with zero attached hydrogens (tertiary/aromatic N) is 1. The summed E-state index contributed by atoms with van der Waals surface area (Å²) in [6, 6.07) is 5.72. The first-order chi connectivity index (χ1) is 9.08. The maximum absolute atomic E-state index is 9.55. The minimum atomic E-state index is -0.487. The number of rotatable bonds is 4. The molecule has 106 valence electrons. The zero-order chi connectivity index (χ0) is 13.8. The van der Waals surface area contributed by atoms with E-state index in [1.165, 1.54) is 12.8 Å². The number of aliphatic hydroxyl groups excluding tert-OH is 1. The van der Waals surface area contributed by atoms with Crippen LogP contribution >= 0.6 is 11.6 Å². The van der Waals surface area contributed by atoms with Crippen molar-refractivity contribution in [2.75, 3.05) is 25.1 Å². The van der Waals surface area contributed by atoms with E-state index in [2.05, 4.69) is 4.90 Å². The molecule has 1 unspecified atom stereocenters. The normalized spacial score (nSPS) is 21.2. The van der Waals surface area contributed by atoms with Crippen molar-refractivity contribution < 1.29 is 9.84 Å². The van der Waals surface area contributed by atoms with Gasteiger partial charge in [0, 0.05) is 20.2 Å². The van der Waals surface area contributed by atoms with E-state index >= 15 is 0 Å². The van der Waals surface area contributed by atoms with Crippen LogP contribution in [0.2, 0.25) is 5.02 Å². The second-order valence-electron chi connectivity index (χ2n) is 5.26. The lowest BCUT2D eigenvalue weighted by molar-refractivity contribution is 0.0216. The Morgan fingerprint density at radius 2 is 2.26 bits per heavy atom. The third-order valence-electron chi connectivity index (χ3n) is 3.62. The topological polar surface area (TPSA) is 32.7 Å². The number of ether oxygens (including phenoxy) is 1. The number of likely N-dealkylation sites (N-methyl/N-ethyl adjacent to an activating group) is 1. The van der Waals surface area contributed by atoms with Crippen molar-refractivity contribution in [2.45, 2.75) is 38.4 Å². The quantitative estimate of drug-likeness (QED) is 0.919. The predicted octanol–water partition coefficient (Wildman–Crippen LogP) is 3.40. The Labute approximate surface area is 120 Å². The van der Waals surface area contributed by atoms with Crippen molar-refractivity contribution in [1.82, 2.24) is 0 Å². The van der Waals surface area contributed by atoms with E-state index in [0.717, 1.165) is 30.8 Å². The van der Waals surface area contributed by atoms with Crippen LogP contribution in [0.3, 0.4) is 0 Å². The molecule has 0 bridgehead atoms. The summed E-state index contributed by atoms with van der Waals surface area (Å²) in [4.78, 5) is 2.13. The summed E-state index contributed by atoms with van der Waals surface area (Å²) in [5, 5.41) is 10.2. The van der Waals surface area contributed by atoms with Gasteiger partial charge in [0.05, 0.1) is 22.9 Å². The molecule has 1 aliphatic heterocycles. The Morgan fingerprint density at radius 3 is 2.84 bits per heavy atom. The Balaban J connectivity index is 2.03. The lowest BCUT2D eigenvalue weighted by atomic mass is 10.1. The number of halogens is 1. The smallest absolute Gasteiger partial charge is 0.0762 e. The Hall–Kier alpha value is -0.770. The number of hydrogen-bond donors (Lipinski definition) is 1. The molecule has 1 heterocycles. The van der Waals surface area contributed by atoms with Gasteiger partial charge in [0.15, 0.2) is 0 Å². The molecule has 0 aliphatic carbocycles. The minimum absolute atomic E-state index is 0.297. The van der Waals surface area contributed by atoms with Crippen molar-refractivity contribution in [2.24, 2.45) is 0 Å². The summed E-state index contributed by atoms with van der Waals surface area (Å²) in [7, 11) is 2.03. The van der Waals surface area contributed by atoms with Crippen LogP contribution in [0, 0.1) is 0 Å². The van der Waals surface area contributed by atoms with E-state index < -0.39 is 6.10 Å².